The Hall–Kier alpha value is -5.12. The molecule has 1 unspecified atom stereocenters. The van der Waals surface area contributed by atoms with Crippen LogP contribution in [0.3, 0.4) is 0 Å². The highest BCUT2D eigenvalue weighted by atomic mass is 16.7. The number of carbonyl (C=O) groups excluding carboxylic acids is 6. The molecule has 0 spiro atoms. The third-order valence-corrected chi connectivity index (χ3v) is 13.1. The first-order valence-corrected chi connectivity index (χ1v) is 22.3. The van der Waals surface area contributed by atoms with E-state index in [2.05, 4.69) is 76.9 Å². The van der Waals surface area contributed by atoms with Crippen LogP contribution in [-0.4, -0.2) is 103 Å². The highest BCUT2D eigenvalue weighted by Crippen LogP contribution is 2.65. The van der Waals surface area contributed by atoms with Gasteiger partial charge in [-0.3, -0.25) is 24.0 Å². The molecule has 1 heterocycles. The number of amides is 7. The van der Waals surface area contributed by atoms with E-state index in [1.165, 1.54) is 12.5 Å². The van der Waals surface area contributed by atoms with Crippen molar-refractivity contribution < 1.29 is 43.2 Å². The highest BCUT2D eigenvalue weighted by molar-refractivity contribution is 6.47. The molecule has 4 fully saturated rings. The number of hydrogen-bond acceptors (Lipinski definition) is 12. The van der Waals surface area contributed by atoms with E-state index in [0.29, 0.717) is 31.0 Å². The van der Waals surface area contributed by atoms with E-state index in [-0.39, 0.29) is 23.9 Å². The molecule has 7 amide bonds. The largest absolute Gasteiger partial charge is 0.497 e. The minimum absolute atomic E-state index is 0.0709. The molecule has 64 heavy (non-hydrogen) atoms. The molecular formula is C44H67BN10O9. The van der Waals surface area contributed by atoms with Crippen molar-refractivity contribution >= 4 is 48.4 Å². The summed E-state index contributed by atoms with van der Waals surface area (Å²) in [4.78, 5) is 78.7. The van der Waals surface area contributed by atoms with Gasteiger partial charge in [0.15, 0.2) is 6.17 Å². The number of carbonyl (C=O) groups is 6. The van der Waals surface area contributed by atoms with E-state index >= 15 is 0 Å². The lowest BCUT2D eigenvalue weighted by molar-refractivity contribution is -0.199. The van der Waals surface area contributed by atoms with Crippen LogP contribution in [0.1, 0.15) is 91.5 Å². The normalized spacial score (nSPS) is 23.4. The minimum atomic E-state index is -1.83. The van der Waals surface area contributed by atoms with Crippen molar-refractivity contribution in [2.24, 2.45) is 40.2 Å². The lowest BCUT2D eigenvalue weighted by Crippen LogP contribution is -2.65. The predicted molar refractivity (Wildman–Crippen MR) is 241 cm³/mol. The van der Waals surface area contributed by atoms with Crippen molar-refractivity contribution in [2.45, 2.75) is 141 Å². The first-order chi connectivity index (χ1) is 30.3. The number of aliphatic hydroxyl groups is 1. The van der Waals surface area contributed by atoms with Gasteiger partial charge in [-0.2, -0.15) is 0 Å². The van der Waals surface area contributed by atoms with Crippen molar-refractivity contribution in [3.05, 3.63) is 54.1 Å². The number of anilines is 1. The number of benzene rings is 2. The van der Waals surface area contributed by atoms with Gasteiger partial charge >= 0.3 is 13.1 Å². The van der Waals surface area contributed by atoms with Gasteiger partial charge in [0.2, 0.25) is 23.6 Å². The van der Waals surface area contributed by atoms with Crippen molar-refractivity contribution in [3.8, 4) is 11.1 Å². The third kappa shape index (κ3) is 12.2. The van der Waals surface area contributed by atoms with Crippen LogP contribution in [-0.2, 0) is 39.7 Å². The van der Waals surface area contributed by atoms with Crippen molar-refractivity contribution in [1.29, 1.82) is 0 Å². The number of unbranched alkanes of at least 4 members (excludes halogenated alkanes) is 2. The van der Waals surface area contributed by atoms with Crippen LogP contribution in [0.15, 0.2) is 48.5 Å². The summed E-state index contributed by atoms with van der Waals surface area (Å²) in [5, 5.41) is 25.4. The molecule has 10 atom stereocenters. The molecular weight excluding hydrogens is 823 g/mol. The fourth-order valence-electron chi connectivity index (χ4n) is 9.10. The third-order valence-electron chi connectivity index (χ3n) is 13.1. The number of rotatable bonds is 22. The fourth-order valence-corrected chi connectivity index (χ4v) is 9.10. The summed E-state index contributed by atoms with van der Waals surface area (Å²) in [6, 6.07) is 9.32. The number of aryl methyl sites for hydroxylation is 1. The van der Waals surface area contributed by atoms with Crippen LogP contribution in [0.5, 0.6) is 0 Å². The molecule has 2 bridgehead atoms. The van der Waals surface area contributed by atoms with Gasteiger partial charge in [0.1, 0.15) is 24.2 Å². The van der Waals surface area contributed by atoms with E-state index in [1.807, 2.05) is 19.1 Å². The van der Waals surface area contributed by atoms with Gasteiger partial charge in [0, 0.05) is 5.69 Å². The molecule has 19 nitrogen and oxygen atoms in total. The van der Waals surface area contributed by atoms with Crippen LogP contribution >= 0.6 is 0 Å². The molecule has 4 aliphatic rings. The second-order valence-corrected chi connectivity index (χ2v) is 18.1. The molecule has 0 radical (unpaired) electrons. The van der Waals surface area contributed by atoms with Crippen LogP contribution < -0.4 is 54.8 Å². The number of nitrogens with two attached hydrogens (primary N) is 4. The van der Waals surface area contributed by atoms with Crippen LogP contribution in [0.25, 0.3) is 11.1 Å². The first-order valence-electron chi connectivity index (χ1n) is 22.3. The monoisotopic (exact) mass is 891 g/mol. The highest BCUT2D eigenvalue weighted by Gasteiger charge is 2.68. The lowest BCUT2D eigenvalue weighted by Gasteiger charge is -2.64. The van der Waals surface area contributed by atoms with Crippen LogP contribution in [0, 0.1) is 17.3 Å². The zero-order valence-corrected chi connectivity index (χ0v) is 37.5. The molecule has 350 valence electrons. The quantitative estimate of drug-likeness (QED) is 0.0440. The van der Waals surface area contributed by atoms with E-state index in [9.17, 15) is 33.9 Å². The predicted octanol–water partition coefficient (Wildman–Crippen LogP) is 0.611. The molecule has 1 aliphatic heterocycles. The van der Waals surface area contributed by atoms with Gasteiger partial charge in [-0.15, -0.1) is 0 Å². The SMILES string of the molecule is CCCCc1ccc(-c2ccc(NC(=O)N[C@@H](CCCCN)C(=O)N[C@H](C(=O)N[C@@H](N)C(=O)N[C@@H](CC(N)=O)C(=O)N[C@@H](N)B3OC4C[C@@H]5C[C@@H](C5(C)C)[C@]4(C)O3)[C@@H](C)O)cc2)cc1. The molecule has 20 heteroatoms. The lowest BCUT2D eigenvalue weighted by atomic mass is 9.43. The maximum Gasteiger partial charge on any atom is 0.497 e. The van der Waals surface area contributed by atoms with Crippen molar-refractivity contribution in [3.63, 3.8) is 0 Å². The maximum absolute atomic E-state index is 13.6. The zero-order chi connectivity index (χ0) is 46.9. The summed E-state index contributed by atoms with van der Waals surface area (Å²) in [6.07, 6.45) is 2.00. The Morgan fingerprint density at radius 1 is 0.812 bits per heavy atom. The first kappa shape index (κ1) is 49.9. The molecule has 3 saturated carbocycles. The number of nitrogens with one attached hydrogen (secondary N) is 6. The topological polar surface area (TPSA) is 317 Å². The number of urea groups is 1. The summed E-state index contributed by atoms with van der Waals surface area (Å²) >= 11 is 0. The van der Waals surface area contributed by atoms with Gasteiger partial charge in [-0.05, 0) is 111 Å². The average molecular weight is 891 g/mol. The molecule has 0 aromatic heterocycles. The fraction of sp³-hybridized carbons (Fsp3) is 0.591. The Morgan fingerprint density at radius 3 is 2.05 bits per heavy atom. The van der Waals surface area contributed by atoms with E-state index in [1.54, 1.807) is 12.1 Å². The molecule has 2 aromatic rings. The molecule has 6 rings (SSSR count). The van der Waals surface area contributed by atoms with Crippen molar-refractivity contribution in [2.75, 3.05) is 11.9 Å². The van der Waals surface area contributed by atoms with E-state index < -0.39 is 91.2 Å². The Kier molecular flexibility index (Phi) is 16.9. The summed E-state index contributed by atoms with van der Waals surface area (Å²) in [7, 11) is -1.00. The summed E-state index contributed by atoms with van der Waals surface area (Å²) in [5.41, 5.74) is 26.6. The Bertz CT molecular complexity index is 1970. The minimum Gasteiger partial charge on any atom is -0.403 e. The van der Waals surface area contributed by atoms with Gasteiger partial charge in [-0.25, -0.2) is 4.79 Å². The van der Waals surface area contributed by atoms with Gasteiger partial charge in [0.25, 0.3) is 5.91 Å². The maximum atomic E-state index is 13.6. The van der Waals surface area contributed by atoms with Crippen LogP contribution in [0.4, 0.5) is 10.5 Å². The van der Waals surface area contributed by atoms with E-state index in [0.717, 1.165) is 43.2 Å². The zero-order valence-electron chi connectivity index (χ0n) is 37.5. The Labute approximate surface area is 375 Å². The van der Waals surface area contributed by atoms with E-state index in [4.69, 9.17) is 32.2 Å². The van der Waals surface area contributed by atoms with Crippen LogP contribution in [0.2, 0.25) is 0 Å². The second kappa shape index (κ2) is 21.7. The van der Waals surface area contributed by atoms with Crippen molar-refractivity contribution in [1.82, 2.24) is 26.6 Å². The smallest absolute Gasteiger partial charge is 0.403 e. The second-order valence-electron chi connectivity index (χ2n) is 18.1. The Morgan fingerprint density at radius 2 is 1.45 bits per heavy atom. The molecule has 1 saturated heterocycles. The summed E-state index contributed by atoms with van der Waals surface area (Å²) < 4.78 is 12.5. The molecule has 2 aromatic carbocycles. The molecule has 3 aliphatic carbocycles. The number of primary amides is 1. The number of aliphatic hydroxyl groups excluding tert-OH is 1. The Balaban J connectivity index is 1.14. The van der Waals surface area contributed by atoms with Gasteiger partial charge in [0.05, 0.1) is 24.2 Å². The van der Waals surface area contributed by atoms with Gasteiger partial charge in [-0.1, -0.05) is 63.6 Å². The van der Waals surface area contributed by atoms with Gasteiger partial charge < -0.3 is 69.3 Å². The standard InChI is InChI=1S/C44H67BN10O9/c1-6-7-10-25-12-14-26(15-13-25)27-16-18-29(19-17-27)50-42(62)52-30(11-8-9-20-46)37(58)53-35(24(2)56)39(60)54-36(48)40(61)51-31(23-34(47)57)38(59)55-41(49)45-63-33-22-28-21-32(43(28,3)4)44(33,5)64-45/h12-19,24,28,30-33,35-36,41,56H,6-11,20-23,46,48-49H2,1-5H3,(H2,47,57)(H,51,61)(H,53,58)(H,54,60)(H,55,59)(H2,50,52,62)/t24-,28+,30+,31+,32+,33?,35+,36-,41-,44+/m1/s1. The summed E-state index contributed by atoms with van der Waals surface area (Å²) in [6.45, 7) is 10.1. The average Bonchev–Trinajstić information content (AvgIpc) is 3.62. The summed E-state index contributed by atoms with van der Waals surface area (Å²) in [5.74, 6) is -4.06. The number of hydrogen-bond donors (Lipinski definition) is 11. The molecule has 15 N–H and O–H groups in total.